The SMILES string of the molecule is CC(C)(C)[C@@H]1NC(=O)[C@@H]2CCCN2C1=O. The van der Waals surface area contributed by atoms with E-state index in [1.165, 1.54) is 0 Å². The van der Waals surface area contributed by atoms with Gasteiger partial charge in [0.05, 0.1) is 0 Å². The van der Waals surface area contributed by atoms with E-state index >= 15 is 0 Å². The molecule has 2 rings (SSSR count). The van der Waals surface area contributed by atoms with Crippen molar-refractivity contribution in [2.45, 2.75) is 45.7 Å². The molecule has 0 saturated carbocycles. The maximum Gasteiger partial charge on any atom is 0.246 e. The molecule has 2 aliphatic rings. The van der Waals surface area contributed by atoms with Gasteiger partial charge in [-0.1, -0.05) is 20.8 Å². The van der Waals surface area contributed by atoms with E-state index in [9.17, 15) is 9.59 Å². The zero-order chi connectivity index (χ0) is 11.2. The monoisotopic (exact) mass is 210 g/mol. The van der Waals surface area contributed by atoms with Crippen LogP contribution < -0.4 is 5.32 Å². The van der Waals surface area contributed by atoms with E-state index < -0.39 is 0 Å². The molecular formula is C11H18N2O2. The van der Waals surface area contributed by atoms with Crippen LogP contribution in [-0.2, 0) is 9.59 Å². The highest BCUT2D eigenvalue weighted by Crippen LogP contribution is 2.29. The van der Waals surface area contributed by atoms with Gasteiger partial charge in [-0.15, -0.1) is 0 Å². The van der Waals surface area contributed by atoms with Gasteiger partial charge in [0.25, 0.3) is 0 Å². The number of fused-ring (bicyclic) bond motifs is 1. The fraction of sp³-hybridized carbons (Fsp3) is 0.818. The number of piperazine rings is 1. The van der Waals surface area contributed by atoms with Crippen LogP contribution in [0.4, 0.5) is 0 Å². The standard InChI is InChI=1S/C11H18N2O2/c1-11(2,3)8-10(15)13-6-4-5-7(13)9(14)12-8/h7-8H,4-6H2,1-3H3,(H,12,14)/t7-,8+/m0/s1. The van der Waals surface area contributed by atoms with Crippen molar-refractivity contribution < 1.29 is 9.59 Å². The van der Waals surface area contributed by atoms with Gasteiger partial charge in [0.2, 0.25) is 11.8 Å². The Morgan fingerprint density at radius 3 is 2.60 bits per heavy atom. The summed E-state index contributed by atoms with van der Waals surface area (Å²) in [5, 5.41) is 2.85. The topological polar surface area (TPSA) is 49.4 Å². The molecule has 0 radical (unpaired) electrons. The molecule has 84 valence electrons. The molecule has 0 spiro atoms. The third-order valence-corrected chi connectivity index (χ3v) is 3.24. The Labute approximate surface area is 90.0 Å². The van der Waals surface area contributed by atoms with E-state index in [1.54, 1.807) is 4.90 Å². The summed E-state index contributed by atoms with van der Waals surface area (Å²) in [6.07, 6.45) is 1.76. The molecule has 4 nitrogen and oxygen atoms in total. The lowest BCUT2D eigenvalue weighted by Gasteiger charge is -2.40. The molecule has 2 fully saturated rings. The maximum atomic E-state index is 12.1. The Morgan fingerprint density at radius 1 is 1.33 bits per heavy atom. The van der Waals surface area contributed by atoms with Gasteiger partial charge >= 0.3 is 0 Å². The fourth-order valence-corrected chi connectivity index (χ4v) is 2.36. The fourth-order valence-electron chi connectivity index (χ4n) is 2.36. The molecule has 15 heavy (non-hydrogen) atoms. The van der Waals surface area contributed by atoms with Gasteiger partial charge < -0.3 is 10.2 Å². The van der Waals surface area contributed by atoms with Crippen molar-refractivity contribution in [1.82, 2.24) is 10.2 Å². The number of hydrogen-bond acceptors (Lipinski definition) is 2. The van der Waals surface area contributed by atoms with Crippen LogP contribution in [-0.4, -0.2) is 35.3 Å². The van der Waals surface area contributed by atoms with Gasteiger partial charge in [0.15, 0.2) is 0 Å². The summed E-state index contributed by atoms with van der Waals surface area (Å²) in [6.45, 7) is 6.67. The minimum atomic E-state index is -0.362. The zero-order valence-electron chi connectivity index (χ0n) is 9.54. The Hall–Kier alpha value is -1.06. The second-order valence-electron chi connectivity index (χ2n) is 5.50. The van der Waals surface area contributed by atoms with E-state index in [4.69, 9.17) is 0 Å². The van der Waals surface area contributed by atoms with E-state index in [-0.39, 0.29) is 29.3 Å². The summed E-state index contributed by atoms with van der Waals surface area (Å²) < 4.78 is 0. The van der Waals surface area contributed by atoms with E-state index in [0.717, 1.165) is 19.4 Å². The van der Waals surface area contributed by atoms with Crippen LogP contribution in [0.2, 0.25) is 0 Å². The highest BCUT2D eigenvalue weighted by atomic mass is 16.2. The summed E-state index contributed by atoms with van der Waals surface area (Å²) >= 11 is 0. The second kappa shape index (κ2) is 3.22. The number of carbonyl (C=O) groups excluding carboxylic acids is 2. The van der Waals surface area contributed by atoms with Crippen LogP contribution in [0, 0.1) is 5.41 Å². The van der Waals surface area contributed by atoms with Crippen molar-refractivity contribution in [3.63, 3.8) is 0 Å². The van der Waals surface area contributed by atoms with E-state index in [2.05, 4.69) is 5.32 Å². The molecule has 1 N–H and O–H groups in total. The van der Waals surface area contributed by atoms with Gasteiger partial charge in [-0.2, -0.15) is 0 Å². The first-order chi connectivity index (χ1) is 6.91. The third kappa shape index (κ3) is 1.62. The van der Waals surface area contributed by atoms with Crippen LogP contribution in [0.25, 0.3) is 0 Å². The zero-order valence-corrected chi connectivity index (χ0v) is 9.54. The molecular weight excluding hydrogens is 192 g/mol. The van der Waals surface area contributed by atoms with Crippen molar-refractivity contribution in [2.75, 3.05) is 6.54 Å². The molecule has 2 amide bonds. The molecule has 0 bridgehead atoms. The van der Waals surface area contributed by atoms with Crippen LogP contribution >= 0.6 is 0 Å². The van der Waals surface area contributed by atoms with E-state index in [1.807, 2.05) is 20.8 Å². The first kappa shape index (κ1) is 10.5. The maximum absolute atomic E-state index is 12.1. The average molecular weight is 210 g/mol. The second-order valence-corrected chi connectivity index (χ2v) is 5.50. The normalized spacial score (nSPS) is 31.5. The quantitative estimate of drug-likeness (QED) is 0.633. The largest absolute Gasteiger partial charge is 0.342 e. The molecule has 0 aromatic rings. The summed E-state index contributed by atoms with van der Waals surface area (Å²) in [5.41, 5.74) is -0.208. The van der Waals surface area contributed by atoms with Crippen molar-refractivity contribution >= 4 is 11.8 Å². The number of nitrogens with one attached hydrogen (secondary N) is 1. The summed E-state index contributed by atoms with van der Waals surface area (Å²) in [5.74, 6) is 0.108. The van der Waals surface area contributed by atoms with Crippen molar-refractivity contribution in [1.29, 1.82) is 0 Å². The van der Waals surface area contributed by atoms with Gasteiger partial charge in [0.1, 0.15) is 12.1 Å². The Bertz CT molecular complexity index is 306. The van der Waals surface area contributed by atoms with E-state index in [0.29, 0.717) is 0 Å². The van der Waals surface area contributed by atoms with Crippen molar-refractivity contribution in [3.8, 4) is 0 Å². The molecule has 2 aliphatic heterocycles. The molecule has 0 aliphatic carbocycles. The average Bonchev–Trinajstić information content (AvgIpc) is 2.58. The predicted octanol–water partition coefficient (Wildman–Crippen LogP) is 0.522. The third-order valence-electron chi connectivity index (χ3n) is 3.24. The summed E-state index contributed by atoms with van der Waals surface area (Å²) in [6, 6.07) is -0.560. The van der Waals surface area contributed by atoms with Crippen molar-refractivity contribution in [3.05, 3.63) is 0 Å². The van der Waals surface area contributed by atoms with Crippen LogP contribution in [0.5, 0.6) is 0 Å². The first-order valence-electron chi connectivity index (χ1n) is 5.52. The number of rotatable bonds is 0. The van der Waals surface area contributed by atoms with Gasteiger partial charge in [0, 0.05) is 6.54 Å². The van der Waals surface area contributed by atoms with Gasteiger partial charge in [-0.3, -0.25) is 9.59 Å². The molecule has 0 unspecified atom stereocenters. The highest BCUT2D eigenvalue weighted by Gasteiger charge is 2.46. The summed E-state index contributed by atoms with van der Waals surface area (Å²) in [4.78, 5) is 25.6. The van der Waals surface area contributed by atoms with Crippen molar-refractivity contribution in [2.24, 2.45) is 5.41 Å². The molecule has 2 saturated heterocycles. The molecule has 2 heterocycles. The molecule has 4 heteroatoms. The number of hydrogen-bond donors (Lipinski definition) is 1. The lowest BCUT2D eigenvalue weighted by molar-refractivity contribution is -0.150. The van der Waals surface area contributed by atoms with Crippen LogP contribution in [0.1, 0.15) is 33.6 Å². The minimum absolute atomic E-state index is 0.0204. The number of carbonyl (C=O) groups is 2. The number of nitrogens with zero attached hydrogens (tertiary/aromatic N) is 1. The molecule has 0 aromatic carbocycles. The van der Waals surface area contributed by atoms with Crippen LogP contribution in [0.3, 0.4) is 0 Å². The highest BCUT2D eigenvalue weighted by molar-refractivity contribution is 5.97. The Kier molecular flexibility index (Phi) is 2.24. The Balaban J connectivity index is 2.25. The molecule has 2 atom stereocenters. The smallest absolute Gasteiger partial charge is 0.246 e. The predicted molar refractivity (Wildman–Crippen MR) is 56.1 cm³/mol. The number of amides is 2. The molecule has 0 aromatic heterocycles. The van der Waals surface area contributed by atoms with Gasteiger partial charge in [-0.05, 0) is 18.3 Å². The minimum Gasteiger partial charge on any atom is -0.342 e. The first-order valence-corrected chi connectivity index (χ1v) is 5.52. The Morgan fingerprint density at radius 2 is 2.00 bits per heavy atom. The lowest BCUT2D eigenvalue weighted by Crippen LogP contribution is -2.64. The summed E-state index contributed by atoms with van der Waals surface area (Å²) in [7, 11) is 0. The van der Waals surface area contributed by atoms with Gasteiger partial charge in [-0.25, -0.2) is 0 Å². The lowest BCUT2D eigenvalue weighted by atomic mass is 9.84. The van der Waals surface area contributed by atoms with Crippen LogP contribution in [0.15, 0.2) is 0 Å².